The van der Waals surface area contributed by atoms with Gasteiger partial charge in [-0.15, -0.1) is 0 Å². The molecule has 2 N–H and O–H groups in total. The molecule has 1 aromatic heterocycles. The van der Waals surface area contributed by atoms with Gasteiger partial charge in [0.25, 0.3) is 0 Å². The Bertz CT molecular complexity index is 619. The summed E-state index contributed by atoms with van der Waals surface area (Å²) in [5.74, 6) is 1.76. The number of hydrogen-bond donors (Lipinski definition) is 1. The highest BCUT2D eigenvalue weighted by molar-refractivity contribution is 5.82. The number of benzene rings is 1. The van der Waals surface area contributed by atoms with Crippen LogP contribution in [0.3, 0.4) is 0 Å². The summed E-state index contributed by atoms with van der Waals surface area (Å²) in [5, 5.41) is 1.22. The Kier molecular flexibility index (Phi) is 4.05. The van der Waals surface area contributed by atoms with Gasteiger partial charge in [0, 0.05) is 30.1 Å². The third-order valence-corrected chi connectivity index (χ3v) is 4.94. The number of furan rings is 1. The molecule has 1 saturated heterocycles. The monoisotopic (exact) mass is 286 g/mol. The number of aryl methyl sites for hydroxylation is 1. The summed E-state index contributed by atoms with van der Waals surface area (Å²) in [6.07, 6.45) is 2.58. The zero-order valence-corrected chi connectivity index (χ0v) is 13.3. The fourth-order valence-corrected chi connectivity index (χ4v) is 3.78. The second kappa shape index (κ2) is 5.82. The highest BCUT2D eigenvalue weighted by atomic mass is 16.3. The average Bonchev–Trinajstić information content (AvgIpc) is 2.80. The van der Waals surface area contributed by atoms with Gasteiger partial charge in [-0.05, 0) is 38.7 Å². The number of nitrogens with zero attached hydrogens (tertiary/aromatic N) is 1. The Labute approximate surface area is 127 Å². The minimum absolute atomic E-state index is 0.256. The highest BCUT2D eigenvalue weighted by Gasteiger charge is 2.32. The van der Waals surface area contributed by atoms with Gasteiger partial charge in [-0.3, -0.25) is 4.90 Å². The lowest BCUT2D eigenvalue weighted by atomic mass is 9.91. The van der Waals surface area contributed by atoms with Crippen LogP contribution < -0.4 is 5.73 Å². The first-order chi connectivity index (χ1) is 10.1. The van der Waals surface area contributed by atoms with E-state index < -0.39 is 0 Å². The first kappa shape index (κ1) is 14.6. The van der Waals surface area contributed by atoms with Gasteiger partial charge >= 0.3 is 0 Å². The fourth-order valence-electron chi connectivity index (χ4n) is 3.78. The van der Waals surface area contributed by atoms with Crippen LogP contribution in [0.25, 0.3) is 11.0 Å². The van der Waals surface area contributed by atoms with Crippen LogP contribution in [0.4, 0.5) is 0 Å². The van der Waals surface area contributed by atoms with Crippen molar-refractivity contribution in [2.45, 2.75) is 45.7 Å². The Balaban J connectivity index is 2.03. The lowest BCUT2D eigenvalue weighted by Gasteiger charge is -2.41. The molecule has 0 bridgehead atoms. The van der Waals surface area contributed by atoms with Gasteiger partial charge in [0.05, 0.1) is 6.04 Å². The molecule has 1 fully saturated rings. The first-order valence-electron chi connectivity index (χ1n) is 8.05. The molecule has 2 heterocycles. The zero-order valence-electron chi connectivity index (χ0n) is 13.3. The third-order valence-electron chi connectivity index (χ3n) is 4.94. The van der Waals surface area contributed by atoms with Gasteiger partial charge in [-0.2, -0.15) is 0 Å². The number of likely N-dealkylation sites (tertiary alicyclic amines) is 1. The van der Waals surface area contributed by atoms with Crippen molar-refractivity contribution in [2.75, 3.05) is 13.1 Å². The molecule has 1 aliphatic heterocycles. The number of hydrogen-bond acceptors (Lipinski definition) is 3. The molecule has 0 spiro atoms. The van der Waals surface area contributed by atoms with Crippen LogP contribution in [0.15, 0.2) is 28.7 Å². The smallest absolute Gasteiger partial charge is 0.134 e. The van der Waals surface area contributed by atoms with Crippen LogP contribution in [0.1, 0.15) is 44.1 Å². The van der Waals surface area contributed by atoms with Crippen molar-refractivity contribution >= 4 is 11.0 Å². The van der Waals surface area contributed by atoms with E-state index in [4.69, 9.17) is 10.2 Å². The zero-order chi connectivity index (χ0) is 15.0. The first-order valence-corrected chi connectivity index (χ1v) is 8.05. The molecule has 21 heavy (non-hydrogen) atoms. The molecule has 0 aliphatic carbocycles. The van der Waals surface area contributed by atoms with Gasteiger partial charge in [0.2, 0.25) is 0 Å². The van der Waals surface area contributed by atoms with Crippen LogP contribution >= 0.6 is 0 Å². The van der Waals surface area contributed by atoms with Crippen molar-refractivity contribution < 1.29 is 4.42 Å². The predicted molar refractivity (Wildman–Crippen MR) is 87.3 cm³/mol. The molecule has 3 nitrogen and oxygen atoms in total. The number of nitrogens with two attached hydrogens (primary N) is 1. The Morgan fingerprint density at radius 2 is 2.05 bits per heavy atom. The molecule has 3 rings (SSSR count). The van der Waals surface area contributed by atoms with E-state index in [-0.39, 0.29) is 6.04 Å². The van der Waals surface area contributed by atoms with E-state index in [1.54, 1.807) is 0 Å². The van der Waals surface area contributed by atoms with E-state index in [0.29, 0.717) is 12.6 Å². The molecular weight excluding hydrogens is 260 g/mol. The molecule has 3 atom stereocenters. The molecule has 3 heteroatoms. The minimum atomic E-state index is 0.256. The molecule has 0 amide bonds. The Hall–Kier alpha value is -1.32. The molecular formula is C18H26N2O. The topological polar surface area (TPSA) is 42.4 Å². The molecule has 3 unspecified atom stereocenters. The molecule has 2 aromatic rings. The molecule has 0 radical (unpaired) electrons. The van der Waals surface area contributed by atoms with Gasteiger partial charge < -0.3 is 10.2 Å². The number of rotatable bonds is 3. The van der Waals surface area contributed by atoms with E-state index in [0.717, 1.165) is 23.8 Å². The lowest BCUT2D eigenvalue weighted by molar-refractivity contribution is 0.0797. The van der Waals surface area contributed by atoms with E-state index in [1.165, 1.54) is 23.8 Å². The largest absolute Gasteiger partial charge is 0.461 e. The van der Waals surface area contributed by atoms with Gasteiger partial charge in [-0.25, -0.2) is 0 Å². The van der Waals surface area contributed by atoms with Crippen LogP contribution in [-0.4, -0.2) is 24.0 Å². The van der Waals surface area contributed by atoms with E-state index >= 15 is 0 Å². The fraction of sp³-hybridized carbons (Fsp3) is 0.556. The average molecular weight is 286 g/mol. The van der Waals surface area contributed by atoms with Crippen molar-refractivity contribution in [3.63, 3.8) is 0 Å². The summed E-state index contributed by atoms with van der Waals surface area (Å²) in [6, 6.07) is 9.15. The number of para-hydroxylation sites is 1. The van der Waals surface area contributed by atoms with Crippen molar-refractivity contribution in [1.29, 1.82) is 0 Å². The second-order valence-electron chi connectivity index (χ2n) is 6.55. The van der Waals surface area contributed by atoms with Gasteiger partial charge in [0.1, 0.15) is 11.3 Å². The molecule has 1 aromatic carbocycles. The normalized spacial score (nSPS) is 25.3. The summed E-state index contributed by atoms with van der Waals surface area (Å²) in [4.78, 5) is 2.58. The maximum Gasteiger partial charge on any atom is 0.134 e. The van der Waals surface area contributed by atoms with Crippen LogP contribution in [0.2, 0.25) is 0 Å². The quantitative estimate of drug-likeness (QED) is 0.931. The molecule has 1 aliphatic rings. The van der Waals surface area contributed by atoms with Crippen LogP contribution in [0, 0.1) is 12.8 Å². The van der Waals surface area contributed by atoms with Crippen molar-refractivity contribution in [3.05, 3.63) is 35.6 Å². The third kappa shape index (κ3) is 2.60. The van der Waals surface area contributed by atoms with Gasteiger partial charge in [-0.1, -0.05) is 25.1 Å². The standard InChI is InChI=1S/C18H26N2O/c1-12-8-9-13(2)20(11-12)16(10-19)18-14(3)21-17-7-5-4-6-15(17)18/h4-7,12-13,16H,8-11,19H2,1-3H3. The van der Waals surface area contributed by atoms with Crippen LogP contribution in [0.5, 0.6) is 0 Å². The van der Waals surface area contributed by atoms with E-state index in [1.807, 2.05) is 12.1 Å². The van der Waals surface area contributed by atoms with Crippen LogP contribution in [-0.2, 0) is 0 Å². The molecule has 114 valence electrons. The SMILES string of the molecule is Cc1oc2ccccc2c1C(CN)N1CC(C)CCC1C. The highest BCUT2D eigenvalue weighted by Crippen LogP contribution is 2.36. The second-order valence-corrected chi connectivity index (χ2v) is 6.55. The van der Waals surface area contributed by atoms with E-state index in [2.05, 4.69) is 37.8 Å². The Morgan fingerprint density at radius 3 is 2.81 bits per heavy atom. The maximum atomic E-state index is 6.18. The summed E-state index contributed by atoms with van der Waals surface area (Å²) in [5.41, 5.74) is 8.44. The Morgan fingerprint density at radius 1 is 1.29 bits per heavy atom. The van der Waals surface area contributed by atoms with E-state index in [9.17, 15) is 0 Å². The minimum Gasteiger partial charge on any atom is -0.461 e. The van der Waals surface area contributed by atoms with Crippen molar-refractivity contribution in [3.8, 4) is 0 Å². The predicted octanol–water partition coefficient (Wildman–Crippen LogP) is 3.86. The number of fused-ring (bicyclic) bond motifs is 1. The summed E-state index contributed by atoms with van der Waals surface area (Å²) < 4.78 is 5.95. The maximum absolute atomic E-state index is 6.18. The lowest BCUT2D eigenvalue weighted by Crippen LogP contribution is -2.45. The van der Waals surface area contributed by atoms with Gasteiger partial charge in [0.15, 0.2) is 0 Å². The summed E-state index contributed by atoms with van der Waals surface area (Å²) in [7, 11) is 0. The van der Waals surface area contributed by atoms with Crippen molar-refractivity contribution in [1.82, 2.24) is 4.90 Å². The number of piperidine rings is 1. The summed E-state index contributed by atoms with van der Waals surface area (Å²) in [6.45, 7) is 8.50. The van der Waals surface area contributed by atoms with Crippen molar-refractivity contribution in [2.24, 2.45) is 11.7 Å². The molecule has 0 saturated carbocycles. The summed E-state index contributed by atoms with van der Waals surface area (Å²) >= 11 is 0.